The van der Waals surface area contributed by atoms with Gasteiger partial charge in [-0.15, -0.1) is 24.8 Å². The van der Waals surface area contributed by atoms with E-state index in [1.807, 2.05) is 30.3 Å². The number of para-hydroxylation sites is 1. The molecule has 1 aliphatic rings. The molecule has 2 N–H and O–H groups in total. The molecule has 1 atom stereocenters. The van der Waals surface area contributed by atoms with Crippen molar-refractivity contribution in [1.82, 2.24) is 15.6 Å². The Balaban J connectivity index is 0.00000132. The molecule has 1 aromatic heterocycles. The Kier molecular flexibility index (Phi) is 7.26. The molecule has 126 valence electrons. The third-order valence-corrected chi connectivity index (χ3v) is 4.19. The van der Waals surface area contributed by atoms with Crippen molar-refractivity contribution in [2.24, 2.45) is 5.41 Å². The van der Waals surface area contributed by atoms with Gasteiger partial charge in [-0.05, 0) is 36.9 Å². The molecule has 4 nitrogen and oxygen atoms in total. The largest absolute Gasteiger partial charge is 0.350 e. The summed E-state index contributed by atoms with van der Waals surface area (Å²) in [6.07, 6.45) is 2.31. The van der Waals surface area contributed by atoms with Crippen LogP contribution in [0.15, 0.2) is 36.4 Å². The first-order valence-electron chi connectivity index (χ1n) is 7.51. The van der Waals surface area contributed by atoms with Gasteiger partial charge in [0.25, 0.3) is 5.91 Å². The Morgan fingerprint density at radius 3 is 2.78 bits per heavy atom. The number of carbonyl (C=O) groups is 1. The number of hydrogen-bond acceptors (Lipinski definition) is 3. The van der Waals surface area contributed by atoms with Crippen LogP contribution in [0.25, 0.3) is 10.9 Å². The van der Waals surface area contributed by atoms with Crippen molar-refractivity contribution < 1.29 is 4.79 Å². The van der Waals surface area contributed by atoms with E-state index in [1.165, 1.54) is 6.42 Å². The average molecular weight is 356 g/mol. The van der Waals surface area contributed by atoms with Crippen LogP contribution in [0.3, 0.4) is 0 Å². The summed E-state index contributed by atoms with van der Waals surface area (Å²) < 4.78 is 0. The SMILES string of the molecule is CC1(CNC(=O)c2ccc3ccccc3n2)CCCNC1.Cl.Cl. The highest BCUT2D eigenvalue weighted by molar-refractivity contribution is 5.94. The molecule has 23 heavy (non-hydrogen) atoms. The number of hydrogen-bond donors (Lipinski definition) is 2. The molecule has 1 aromatic carbocycles. The number of benzene rings is 1. The summed E-state index contributed by atoms with van der Waals surface area (Å²) >= 11 is 0. The van der Waals surface area contributed by atoms with Crippen molar-refractivity contribution in [1.29, 1.82) is 0 Å². The van der Waals surface area contributed by atoms with Crippen LogP contribution in [-0.4, -0.2) is 30.5 Å². The van der Waals surface area contributed by atoms with E-state index >= 15 is 0 Å². The van der Waals surface area contributed by atoms with Gasteiger partial charge in [0.2, 0.25) is 0 Å². The fourth-order valence-electron chi connectivity index (χ4n) is 2.85. The maximum atomic E-state index is 12.3. The lowest BCUT2D eigenvalue weighted by Crippen LogP contribution is -2.45. The van der Waals surface area contributed by atoms with Crippen LogP contribution >= 0.6 is 24.8 Å². The van der Waals surface area contributed by atoms with Gasteiger partial charge in [0.15, 0.2) is 0 Å². The van der Waals surface area contributed by atoms with Gasteiger partial charge in [-0.25, -0.2) is 4.98 Å². The van der Waals surface area contributed by atoms with Crippen LogP contribution in [-0.2, 0) is 0 Å². The quantitative estimate of drug-likeness (QED) is 0.888. The summed E-state index contributed by atoms with van der Waals surface area (Å²) in [6.45, 7) is 4.94. The number of nitrogens with zero attached hydrogens (tertiary/aromatic N) is 1. The number of rotatable bonds is 3. The molecule has 0 saturated carbocycles. The number of piperidine rings is 1. The topological polar surface area (TPSA) is 54.0 Å². The predicted octanol–water partition coefficient (Wildman–Crippen LogP) is 3.20. The van der Waals surface area contributed by atoms with Crippen LogP contribution < -0.4 is 10.6 Å². The molecular weight excluding hydrogens is 333 g/mol. The van der Waals surface area contributed by atoms with Gasteiger partial charge in [-0.1, -0.05) is 31.2 Å². The van der Waals surface area contributed by atoms with Gasteiger partial charge in [-0.2, -0.15) is 0 Å². The number of carbonyl (C=O) groups excluding carboxylic acids is 1. The van der Waals surface area contributed by atoms with Crippen LogP contribution in [0.2, 0.25) is 0 Å². The molecule has 0 spiro atoms. The highest BCUT2D eigenvalue weighted by atomic mass is 35.5. The second kappa shape index (κ2) is 8.48. The van der Waals surface area contributed by atoms with E-state index in [2.05, 4.69) is 22.5 Å². The highest BCUT2D eigenvalue weighted by Crippen LogP contribution is 2.24. The van der Waals surface area contributed by atoms with Crippen LogP contribution in [0.5, 0.6) is 0 Å². The van der Waals surface area contributed by atoms with E-state index < -0.39 is 0 Å². The third-order valence-electron chi connectivity index (χ3n) is 4.19. The minimum atomic E-state index is -0.0902. The van der Waals surface area contributed by atoms with Crippen molar-refractivity contribution in [2.75, 3.05) is 19.6 Å². The molecule has 3 rings (SSSR count). The summed E-state index contributed by atoms with van der Waals surface area (Å²) in [7, 11) is 0. The van der Waals surface area contributed by atoms with Crippen molar-refractivity contribution in [2.45, 2.75) is 19.8 Å². The first kappa shape index (κ1) is 19.7. The predicted molar refractivity (Wildman–Crippen MR) is 98.8 cm³/mol. The fourth-order valence-corrected chi connectivity index (χ4v) is 2.85. The van der Waals surface area contributed by atoms with Crippen molar-refractivity contribution in [3.8, 4) is 0 Å². The van der Waals surface area contributed by atoms with E-state index in [4.69, 9.17) is 0 Å². The first-order valence-corrected chi connectivity index (χ1v) is 7.51. The second-order valence-corrected chi connectivity index (χ2v) is 6.16. The molecule has 6 heteroatoms. The average Bonchev–Trinajstić information content (AvgIpc) is 2.53. The standard InChI is InChI=1S/C17H21N3O.2ClH/c1-17(9-4-10-18-11-17)12-19-16(21)15-8-7-13-5-2-3-6-14(13)20-15;;/h2-3,5-8,18H,4,9-12H2,1H3,(H,19,21);2*1H. The summed E-state index contributed by atoms with van der Waals surface area (Å²) in [5, 5.41) is 7.48. The number of aromatic nitrogens is 1. The number of amides is 1. The lowest BCUT2D eigenvalue weighted by Gasteiger charge is -2.34. The minimum absolute atomic E-state index is 0. The van der Waals surface area contributed by atoms with Crippen LogP contribution in [0, 0.1) is 5.41 Å². The lowest BCUT2D eigenvalue weighted by atomic mass is 9.83. The zero-order chi connectivity index (χ0) is 14.7. The van der Waals surface area contributed by atoms with Gasteiger partial charge in [0.05, 0.1) is 5.52 Å². The molecule has 1 saturated heterocycles. The molecule has 0 bridgehead atoms. The van der Waals surface area contributed by atoms with E-state index in [0.29, 0.717) is 12.2 Å². The number of nitrogens with one attached hydrogen (secondary N) is 2. The molecule has 2 aromatic rings. The summed E-state index contributed by atoms with van der Waals surface area (Å²) in [6, 6.07) is 11.6. The molecule has 1 fully saturated rings. The maximum absolute atomic E-state index is 12.3. The van der Waals surface area contributed by atoms with Crippen LogP contribution in [0.4, 0.5) is 0 Å². The van der Waals surface area contributed by atoms with Crippen LogP contribution in [0.1, 0.15) is 30.3 Å². The molecule has 0 radical (unpaired) electrons. The summed E-state index contributed by atoms with van der Waals surface area (Å²) in [4.78, 5) is 16.7. The van der Waals surface area contributed by atoms with E-state index in [0.717, 1.165) is 30.4 Å². The van der Waals surface area contributed by atoms with Gasteiger partial charge in [0, 0.05) is 18.5 Å². The zero-order valence-electron chi connectivity index (χ0n) is 13.2. The second-order valence-electron chi connectivity index (χ2n) is 6.16. The smallest absolute Gasteiger partial charge is 0.269 e. The molecule has 0 aliphatic carbocycles. The number of halogens is 2. The Hall–Kier alpha value is -1.36. The van der Waals surface area contributed by atoms with Gasteiger partial charge < -0.3 is 10.6 Å². The molecule has 2 heterocycles. The molecular formula is C17H23Cl2N3O. The van der Waals surface area contributed by atoms with Crippen molar-refractivity contribution >= 4 is 41.6 Å². The normalized spacial score (nSPS) is 20.2. The Morgan fingerprint density at radius 1 is 1.26 bits per heavy atom. The van der Waals surface area contributed by atoms with E-state index in [9.17, 15) is 4.79 Å². The summed E-state index contributed by atoms with van der Waals surface area (Å²) in [5.74, 6) is -0.0902. The molecule has 1 unspecified atom stereocenters. The zero-order valence-corrected chi connectivity index (χ0v) is 14.8. The Morgan fingerprint density at radius 2 is 2.04 bits per heavy atom. The first-order chi connectivity index (χ1) is 10.2. The maximum Gasteiger partial charge on any atom is 0.269 e. The monoisotopic (exact) mass is 355 g/mol. The van der Waals surface area contributed by atoms with Gasteiger partial charge >= 0.3 is 0 Å². The number of fused-ring (bicyclic) bond motifs is 1. The highest BCUT2D eigenvalue weighted by Gasteiger charge is 2.27. The van der Waals surface area contributed by atoms with Crippen molar-refractivity contribution in [3.63, 3.8) is 0 Å². The van der Waals surface area contributed by atoms with E-state index in [-0.39, 0.29) is 36.1 Å². The fraction of sp³-hybridized carbons (Fsp3) is 0.412. The van der Waals surface area contributed by atoms with Gasteiger partial charge in [0.1, 0.15) is 5.69 Å². The Bertz CT molecular complexity index is 657. The minimum Gasteiger partial charge on any atom is -0.350 e. The van der Waals surface area contributed by atoms with Gasteiger partial charge in [-0.3, -0.25) is 4.79 Å². The van der Waals surface area contributed by atoms with E-state index in [1.54, 1.807) is 6.07 Å². The Labute approximate surface area is 149 Å². The molecule has 1 aliphatic heterocycles. The number of pyridine rings is 1. The third kappa shape index (κ3) is 4.80. The summed E-state index contributed by atoms with van der Waals surface area (Å²) in [5.41, 5.74) is 1.49. The van der Waals surface area contributed by atoms with Crippen molar-refractivity contribution in [3.05, 3.63) is 42.1 Å². The lowest BCUT2D eigenvalue weighted by molar-refractivity contribution is 0.0920. The molecule has 1 amide bonds.